The Morgan fingerprint density at radius 3 is 2.94 bits per heavy atom. The maximum Gasteiger partial charge on any atom is 0.229 e. The van der Waals surface area contributed by atoms with Crippen LogP contribution in [0.1, 0.15) is 37.9 Å². The fraction of sp³-hybridized carbons (Fsp3) is 0.455. The molecule has 0 spiro atoms. The number of imidazole rings is 1. The lowest BCUT2D eigenvalue weighted by Gasteiger charge is -2.32. The summed E-state index contributed by atoms with van der Waals surface area (Å²) in [5.74, 6) is 1.07. The summed E-state index contributed by atoms with van der Waals surface area (Å²) in [6, 6.07) is 4.21. The molecule has 2 aliphatic heterocycles. The largest absolute Gasteiger partial charge is 0.354 e. The summed E-state index contributed by atoms with van der Waals surface area (Å²) >= 11 is 5.84. The number of fused-ring (bicyclic) bond motifs is 3. The maximum atomic E-state index is 13.4. The highest BCUT2D eigenvalue weighted by molar-refractivity contribution is 6.31. The molecule has 1 amide bonds. The normalized spacial score (nSPS) is 19.2. The molecule has 0 unspecified atom stereocenters. The van der Waals surface area contributed by atoms with Crippen LogP contribution in [0.25, 0.3) is 11.2 Å². The van der Waals surface area contributed by atoms with Crippen molar-refractivity contribution in [2.24, 2.45) is 5.92 Å². The van der Waals surface area contributed by atoms with E-state index in [4.69, 9.17) is 16.6 Å². The van der Waals surface area contributed by atoms with Crippen LogP contribution < -0.4 is 10.2 Å². The average Bonchev–Trinajstić information content (AvgIpc) is 2.97. The molecule has 4 heterocycles. The van der Waals surface area contributed by atoms with Crippen molar-refractivity contribution >= 4 is 40.2 Å². The van der Waals surface area contributed by atoms with E-state index < -0.39 is 5.82 Å². The number of nitrogens with one attached hydrogen (secondary N) is 1. The number of carbonyl (C=O) groups is 1. The fourth-order valence-electron chi connectivity index (χ4n) is 4.56. The number of hydrogen-bond donors (Lipinski definition) is 1. The Morgan fingerprint density at radius 1 is 1.16 bits per heavy atom. The molecule has 31 heavy (non-hydrogen) atoms. The van der Waals surface area contributed by atoms with Gasteiger partial charge in [-0.25, -0.2) is 19.3 Å². The van der Waals surface area contributed by atoms with E-state index in [0.29, 0.717) is 12.2 Å². The van der Waals surface area contributed by atoms with Crippen LogP contribution in [0.15, 0.2) is 24.5 Å². The van der Waals surface area contributed by atoms with Crippen molar-refractivity contribution in [3.05, 3.63) is 41.2 Å². The van der Waals surface area contributed by atoms with Gasteiger partial charge in [0, 0.05) is 31.7 Å². The molecule has 1 aromatic carbocycles. The van der Waals surface area contributed by atoms with Gasteiger partial charge in [0.25, 0.3) is 0 Å². The van der Waals surface area contributed by atoms with E-state index in [9.17, 15) is 9.18 Å². The van der Waals surface area contributed by atoms with E-state index in [0.717, 1.165) is 68.0 Å². The van der Waals surface area contributed by atoms with Gasteiger partial charge in [0.15, 0.2) is 17.0 Å². The van der Waals surface area contributed by atoms with E-state index >= 15 is 0 Å². The number of nitrogens with zero attached hydrogens (tertiary/aromatic N) is 5. The molecule has 0 bridgehead atoms. The van der Waals surface area contributed by atoms with E-state index in [1.54, 1.807) is 6.33 Å². The number of benzene rings is 1. The number of anilines is 2. The molecule has 162 valence electrons. The molecule has 1 atom stereocenters. The zero-order valence-electron chi connectivity index (χ0n) is 17.2. The maximum absolute atomic E-state index is 13.4. The van der Waals surface area contributed by atoms with Crippen LogP contribution >= 0.6 is 11.6 Å². The minimum Gasteiger partial charge on any atom is -0.354 e. The number of rotatable bonds is 3. The number of aromatic nitrogens is 4. The minimum atomic E-state index is -0.505. The lowest BCUT2D eigenvalue weighted by atomic mass is 9.97. The molecule has 2 aromatic heterocycles. The van der Waals surface area contributed by atoms with Crippen LogP contribution in [0.5, 0.6) is 0 Å². The Bertz CT molecular complexity index is 1130. The predicted octanol–water partition coefficient (Wildman–Crippen LogP) is 4.20. The van der Waals surface area contributed by atoms with Crippen molar-refractivity contribution in [2.45, 2.75) is 45.1 Å². The van der Waals surface area contributed by atoms with E-state index in [1.807, 2.05) is 0 Å². The van der Waals surface area contributed by atoms with E-state index in [1.165, 1.54) is 24.6 Å². The highest BCUT2D eigenvalue weighted by atomic mass is 35.5. The van der Waals surface area contributed by atoms with Crippen molar-refractivity contribution in [3.63, 3.8) is 0 Å². The second-order valence-corrected chi connectivity index (χ2v) is 8.67. The first-order chi connectivity index (χ1) is 15.1. The van der Waals surface area contributed by atoms with E-state index in [2.05, 4.69) is 24.8 Å². The molecule has 7 nitrogen and oxygen atoms in total. The van der Waals surface area contributed by atoms with Crippen LogP contribution in [0.3, 0.4) is 0 Å². The highest BCUT2D eigenvalue weighted by Gasteiger charge is 2.29. The summed E-state index contributed by atoms with van der Waals surface area (Å²) in [6.07, 6.45) is 7.71. The number of aryl methyl sites for hydroxylation is 2. The minimum absolute atomic E-state index is 0.00834. The second kappa shape index (κ2) is 8.42. The third-order valence-electron chi connectivity index (χ3n) is 6.15. The summed E-state index contributed by atoms with van der Waals surface area (Å²) < 4.78 is 15.6. The molecule has 1 saturated heterocycles. The van der Waals surface area contributed by atoms with Crippen LogP contribution in [0.4, 0.5) is 15.9 Å². The van der Waals surface area contributed by atoms with Gasteiger partial charge in [-0.15, -0.1) is 0 Å². The molecule has 2 aliphatic rings. The standard InChI is InChI=1S/C22H24ClFN6O/c23-16-11-15(7-8-17(16)24)27-22(31)14-5-4-9-29(12-14)20-19-21(26-13-25-20)30-10-3-1-2-6-18(30)28-19/h7-8,11,13-14H,1-6,9-10,12H2,(H,27,31)/t14-/m1/s1. The molecule has 3 aromatic rings. The van der Waals surface area contributed by atoms with Crippen molar-refractivity contribution in [2.75, 3.05) is 23.3 Å². The number of hydrogen-bond acceptors (Lipinski definition) is 5. The summed E-state index contributed by atoms with van der Waals surface area (Å²) in [6.45, 7) is 2.31. The molecule has 1 fully saturated rings. The van der Waals surface area contributed by atoms with Crippen LogP contribution in [-0.2, 0) is 17.8 Å². The predicted molar refractivity (Wildman–Crippen MR) is 118 cm³/mol. The SMILES string of the molecule is O=C(Nc1ccc(F)c(Cl)c1)[C@@H]1CCCN(c2ncnc3c2nc2n3CCCCC2)C1. The van der Waals surface area contributed by atoms with Crippen molar-refractivity contribution < 1.29 is 9.18 Å². The first-order valence-electron chi connectivity index (χ1n) is 10.8. The molecule has 0 radical (unpaired) electrons. The molecular weight excluding hydrogens is 419 g/mol. The van der Waals surface area contributed by atoms with Gasteiger partial charge in [-0.1, -0.05) is 18.0 Å². The molecule has 0 aliphatic carbocycles. The van der Waals surface area contributed by atoms with Gasteiger partial charge in [-0.05, 0) is 43.9 Å². The summed E-state index contributed by atoms with van der Waals surface area (Å²) in [5, 5.41) is 2.86. The average molecular weight is 443 g/mol. The van der Waals surface area contributed by atoms with Crippen molar-refractivity contribution in [3.8, 4) is 0 Å². The first-order valence-corrected chi connectivity index (χ1v) is 11.2. The topological polar surface area (TPSA) is 75.9 Å². The number of halogens is 2. The van der Waals surface area contributed by atoms with Gasteiger partial charge in [-0.2, -0.15) is 0 Å². The summed E-state index contributed by atoms with van der Waals surface area (Å²) in [4.78, 5) is 29.0. The zero-order valence-corrected chi connectivity index (χ0v) is 17.9. The van der Waals surface area contributed by atoms with Crippen LogP contribution in [0, 0.1) is 11.7 Å². The molecule has 5 rings (SSSR count). The monoisotopic (exact) mass is 442 g/mol. The smallest absolute Gasteiger partial charge is 0.229 e. The quantitative estimate of drug-likeness (QED) is 0.657. The second-order valence-electron chi connectivity index (χ2n) is 8.26. The summed E-state index contributed by atoms with van der Waals surface area (Å²) in [7, 11) is 0. The fourth-order valence-corrected chi connectivity index (χ4v) is 4.74. The van der Waals surface area contributed by atoms with Crippen LogP contribution in [0.2, 0.25) is 5.02 Å². The highest BCUT2D eigenvalue weighted by Crippen LogP contribution is 2.30. The number of amides is 1. The molecule has 0 saturated carbocycles. The lowest BCUT2D eigenvalue weighted by Crippen LogP contribution is -2.41. The summed E-state index contributed by atoms with van der Waals surface area (Å²) in [5.41, 5.74) is 2.20. The number of carbonyl (C=O) groups excluding carboxylic acids is 1. The van der Waals surface area contributed by atoms with E-state index in [-0.39, 0.29) is 16.8 Å². The lowest BCUT2D eigenvalue weighted by molar-refractivity contribution is -0.120. The van der Waals surface area contributed by atoms with Gasteiger partial charge < -0.3 is 14.8 Å². The van der Waals surface area contributed by atoms with Gasteiger partial charge in [0.2, 0.25) is 5.91 Å². The number of piperidine rings is 1. The van der Waals surface area contributed by atoms with Crippen molar-refractivity contribution in [1.82, 2.24) is 19.5 Å². The van der Waals surface area contributed by atoms with Gasteiger partial charge in [0.1, 0.15) is 18.0 Å². The van der Waals surface area contributed by atoms with Gasteiger partial charge in [0.05, 0.1) is 10.9 Å². The van der Waals surface area contributed by atoms with Crippen LogP contribution in [-0.4, -0.2) is 38.5 Å². The third kappa shape index (κ3) is 3.96. The third-order valence-corrected chi connectivity index (χ3v) is 6.44. The Hall–Kier alpha value is -2.74. The molecule has 9 heteroatoms. The Labute approximate surface area is 184 Å². The molecular formula is C22H24ClFN6O. The van der Waals surface area contributed by atoms with Gasteiger partial charge in [-0.3, -0.25) is 4.79 Å². The molecule has 1 N–H and O–H groups in total. The Morgan fingerprint density at radius 2 is 2.06 bits per heavy atom. The zero-order chi connectivity index (χ0) is 21.4. The van der Waals surface area contributed by atoms with Gasteiger partial charge >= 0.3 is 0 Å². The Balaban J connectivity index is 1.37. The Kier molecular flexibility index (Phi) is 5.48. The first kappa shape index (κ1) is 20.2. The van der Waals surface area contributed by atoms with Crippen molar-refractivity contribution in [1.29, 1.82) is 0 Å².